The average molecular weight is 1210 g/mol. The number of carboxylic acid groups (broad SMARTS) is 1. The van der Waals surface area contributed by atoms with Gasteiger partial charge in [0, 0.05) is 12.8 Å². The molecule has 0 rings (SSSR count). The summed E-state index contributed by atoms with van der Waals surface area (Å²) in [4.78, 5) is 37.6. The van der Waals surface area contributed by atoms with Crippen molar-refractivity contribution in [2.24, 2.45) is 0 Å². The fourth-order valence-corrected chi connectivity index (χ4v) is 9.77. The van der Waals surface area contributed by atoms with Gasteiger partial charge in [-0.1, -0.05) is 296 Å². The maximum atomic E-state index is 13.0. The van der Waals surface area contributed by atoms with Gasteiger partial charge in [0.1, 0.15) is 13.2 Å². The predicted octanol–water partition coefficient (Wildman–Crippen LogP) is 22.4. The molecule has 2 unspecified atom stereocenters. The minimum atomic E-state index is -1.52. The van der Waals surface area contributed by atoms with E-state index in [0.29, 0.717) is 23.9 Å². The SMILES string of the molecule is CC/C=C\C/C=C\C/C=C\C/C=C\C/C=C\C/C=C\C/C=C\C/C=C\C/C=C\CCCCCCCCCCCC(=O)OC(COC(=O)CCCCCCCCCCCCCCC/C=C\CCCCCCCCCC)COC(OCC[N+](C)(C)C)C(=O)O. The summed E-state index contributed by atoms with van der Waals surface area (Å²) in [5.74, 6) is -2.01. The molecule has 0 aliphatic rings. The van der Waals surface area contributed by atoms with Gasteiger partial charge in [0.15, 0.2) is 6.10 Å². The third-order valence-corrected chi connectivity index (χ3v) is 15.2. The van der Waals surface area contributed by atoms with Gasteiger partial charge in [-0.05, 0) is 109 Å². The summed E-state index contributed by atoms with van der Waals surface area (Å²) in [5, 5.41) is 9.75. The van der Waals surface area contributed by atoms with Crippen LogP contribution in [-0.4, -0.2) is 87.4 Å². The molecule has 0 aliphatic carbocycles. The molecule has 0 fully saturated rings. The van der Waals surface area contributed by atoms with E-state index in [2.05, 4.69) is 135 Å². The molecule has 0 radical (unpaired) electrons. The van der Waals surface area contributed by atoms with Crippen LogP contribution in [0.2, 0.25) is 0 Å². The van der Waals surface area contributed by atoms with E-state index in [1.54, 1.807) is 0 Å². The fraction of sp³-hybridized carbons (Fsp3) is 0.705. The number of rotatable bonds is 65. The van der Waals surface area contributed by atoms with Crippen LogP contribution in [0.5, 0.6) is 0 Å². The van der Waals surface area contributed by atoms with Crippen LogP contribution in [0.1, 0.15) is 296 Å². The van der Waals surface area contributed by atoms with Crippen molar-refractivity contribution in [2.75, 3.05) is 47.5 Å². The first-order valence-corrected chi connectivity index (χ1v) is 35.7. The molecular weight excluding hydrogens is 1080 g/mol. The monoisotopic (exact) mass is 1210 g/mol. The second kappa shape index (κ2) is 67.6. The van der Waals surface area contributed by atoms with Crippen LogP contribution in [0.3, 0.4) is 0 Å². The van der Waals surface area contributed by atoms with Gasteiger partial charge in [-0.2, -0.15) is 0 Å². The molecule has 498 valence electrons. The van der Waals surface area contributed by atoms with Crippen molar-refractivity contribution in [3.63, 3.8) is 0 Å². The van der Waals surface area contributed by atoms with E-state index < -0.39 is 24.3 Å². The molecule has 0 heterocycles. The van der Waals surface area contributed by atoms with E-state index in [1.807, 2.05) is 21.1 Å². The van der Waals surface area contributed by atoms with Crippen molar-refractivity contribution < 1.29 is 42.9 Å². The normalized spacial score (nSPS) is 13.4. The molecule has 0 aromatic heterocycles. The summed E-state index contributed by atoms with van der Waals surface area (Å²) in [7, 11) is 5.97. The van der Waals surface area contributed by atoms with E-state index in [-0.39, 0.29) is 32.2 Å². The van der Waals surface area contributed by atoms with Gasteiger partial charge < -0.3 is 28.5 Å². The van der Waals surface area contributed by atoms with Crippen molar-refractivity contribution in [1.82, 2.24) is 0 Å². The van der Waals surface area contributed by atoms with Gasteiger partial charge in [0.05, 0.1) is 34.4 Å². The fourth-order valence-electron chi connectivity index (χ4n) is 9.77. The zero-order valence-electron chi connectivity index (χ0n) is 56.9. The van der Waals surface area contributed by atoms with Crippen molar-refractivity contribution in [3.05, 3.63) is 122 Å². The second-order valence-corrected chi connectivity index (χ2v) is 24.8. The molecule has 0 spiro atoms. The van der Waals surface area contributed by atoms with Gasteiger partial charge >= 0.3 is 17.9 Å². The van der Waals surface area contributed by atoms with Crippen LogP contribution in [0.4, 0.5) is 0 Å². The molecule has 0 amide bonds. The smallest absolute Gasteiger partial charge is 0.361 e. The van der Waals surface area contributed by atoms with Crippen LogP contribution >= 0.6 is 0 Å². The molecule has 0 aromatic rings. The first kappa shape index (κ1) is 82.7. The maximum Gasteiger partial charge on any atom is 0.361 e. The molecule has 2 atom stereocenters. The molecule has 0 bridgehead atoms. The summed E-state index contributed by atoms with van der Waals surface area (Å²) >= 11 is 0. The van der Waals surface area contributed by atoms with Crippen LogP contribution in [0.15, 0.2) is 122 Å². The summed E-state index contributed by atoms with van der Waals surface area (Å²) in [6.07, 6.45) is 93.1. The highest BCUT2D eigenvalue weighted by molar-refractivity contribution is 5.71. The molecule has 9 nitrogen and oxygen atoms in total. The number of quaternary nitrogens is 1. The molecule has 0 aliphatic heterocycles. The number of ether oxygens (including phenoxy) is 4. The number of allylic oxidation sites excluding steroid dienone is 20. The Bertz CT molecular complexity index is 1840. The summed E-state index contributed by atoms with van der Waals surface area (Å²) in [6.45, 7) is 4.77. The molecular formula is C78H134NO8+. The van der Waals surface area contributed by atoms with Gasteiger partial charge in [-0.3, -0.25) is 9.59 Å². The molecule has 1 N–H and O–H groups in total. The lowest BCUT2D eigenvalue weighted by molar-refractivity contribution is -0.870. The van der Waals surface area contributed by atoms with Crippen LogP contribution in [0, 0.1) is 0 Å². The van der Waals surface area contributed by atoms with E-state index in [9.17, 15) is 19.5 Å². The lowest BCUT2D eigenvalue weighted by Gasteiger charge is -2.25. The quantitative estimate of drug-likeness (QED) is 0.0211. The van der Waals surface area contributed by atoms with Crippen molar-refractivity contribution in [3.8, 4) is 0 Å². The van der Waals surface area contributed by atoms with Gasteiger partial charge in [-0.15, -0.1) is 0 Å². The topological polar surface area (TPSA) is 108 Å². The number of nitrogens with zero attached hydrogens (tertiary/aromatic N) is 1. The Kier molecular flexibility index (Phi) is 64.3. The van der Waals surface area contributed by atoms with E-state index >= 15 is 0 Å². The molecule has 0 aromatic carbocycles. The molecule has 0 saturated heterocycles. The van der Waals surface area contributed by atoms with Gasteiger partial charge in [0.2, 0.25) is 0 Å². The van der Waals surface area contributed by atoms with E-state index in [4.69, 9.17) is 18.9 Å². The minimum absolute atomic E-state index is 0.182. The zero-order valence-corrected chi connectivity index (χ0v) is 56.9. The Hall–Kier alpha value is -4.31. The number of carbonyl (C=O) groups excluding carboxylic acids is 2. The number of likely N-dealkylation sites (N-methyl/N-ethyl adjacent to an activating group) is 1. The number of hydrogen-bond acceptors (Lipinski definition) is 7. The Labute approximate surface area is 536 Å². The number of aliphatic carboxylic acids is 1. The molecule has 9 heteroatoms. The summed E-state index contributed by atoms with van der Waals surface area (Å²) < 4.78 is 23.0. The van der Waals surface area contributed by atoms with Crippen LogP contribution in [0.25, 0.3) is 0 Å². The predicted molar refractivity (Wildman–Crippen MR) is 373 cm³/mol. The lowest BCUT2D eigenvalue weighted by atomic mass is 10.0. The number of carboxylic acids is 1. The first-order chi connectivity index (χ1) is 42.6. The van der Waals surface area contributed by atoms with Crippen molar-refractivity contribution in [1.29, 1.82) is 0 Å². The Balaban J connectivity index is 4.16. The molecule has 0 saturated carbocycles. The molecule has 87 heavy (non-hydrogen) atoms. The number of unbranched alkanes of at least 4 members (excludes halogenated alkanes) is 30. The van der Waals surface area contributed by atoms with E-state index in [1.165, 1.54) is 161 Å². The van der Waals surface area contributed by atoms with Gasteiger partial charge in [0.25, 0.3) is 6.29 Å². The average Bonchev–Trinajstić information content (AvgIpc) is 3.57. The Morgan fingerprint density at radius 2 is 0.655 bits per heavy atom. The highest BCUT2D eigenvalue weighted by Gasteiger charge is 2.25. The summed E-state index contributed by atoms with van der Waals surface area (Å²) in [5.41, 5.74) is 0. The third-order valence-electron chi connectivity index (χ3n) is 15.2. The second-order valence-electron chi connectivity index (χ2n) is 24.8. The maximum absolute atomic E-state index is 13.0. The Morgan fingerprint density at radius 3 is 0.989 bits per heavy atom. The number of esters is 2. The largest absolute Gasteiger partial charge is 0.477 e. The van der Waals surface area contributed by atoms with Crippen molar-refractivity contribution in [2.45, 2.75) is 309 Å². The van der Waals surface area contributed by atoms with Crippen molar-refractivity contribution >= 4 is 17.9 Å². The van der Waals surface area contributed by atoms with Gasteiger partial charge in [-0.25, -0.2) is 4.79 Å². The number of hydrogen-bond donors (Lipinski definition) is 1. The van der Waals surface area contributed by atoms with E-state index in [0.717, 1.165) is 103 Å². The zero-order chi connectivity index (χ0) is 63.3. The highest BCUT2D eigenvalue weighted by atomic mass is 16.7. The van der Waals surface area contributed by atoms with Crippen LogP contribution < -0.4 is 0 Å². The highest BCUT2D eigenvalue weighted by Crippen LogP contribution is 2.17. The standard InChI is InChI=1S/C78H133NO8/c1-6-8-10-12-14-16-18-20-22-24-26-28-30-32-33-34-35-36-37-38-39-40-41-42-43-45-47-49-51-53-55-57-59-61-63-65-67-69-76(81)87-74(73-86-78(77(82)83)84-71-70-79(3,4)5)72-85-75(80)68-66-64-62-60-58-56-54-52-50-48-46-44-31-29-27-25-23-21-19-17-15-13-11-9-7-2/h8,10,14,16,20,22,25-28,32-33,35-36,38-39,41-42,45,47,74,78H,6-7,9,11-13,15,17-19,21,23-24,29-31,34,37,40,43-44,46,48-73H2,1-5H3/p+1/b10-8-,16-14-,22-20-,27-25-,28-26-,33-32-,36-35-,39-38-,42-41-,47-45-. The minimum Gasteiger partial charge on any atom is -0.477 e. The first-order valence-electron chi connectivity index (χ1n) is 35.7. The third kappa shape index (κ3) is 69.0. The summed E-state index contributed by atoms with van der Waals surface area (Å²) in [6, 6.07) is 0. The lowest BCUT2D eigenvalue weighted by Crippen LogP contribution is -2.40. The van der Waals surface area contributed by atoms with Crippen LogP contribution in [-0.2, 0) is 33.3 Å². The number of carbonyl (C=O) groups is 3. The Morgan fingerprint density at radius 1 is 0.356 bits per heavy atom.